The molecule has 0 aliphatic carbocycles. The normalized spacial score (nSPS) is 13.8. The van der Waals surface area contributed by atoms with Crippen molar-refractivity contribution in [3.05, 3.63) is 48.4 Å². The molecule has 4 heterocycles. The van der Waals surface area contributed by atoms with Gasteiger partial charge in [0.05, 0.1) is 5.69 Å². The van der Waals surface area contributed by atoms with Crippen molar-refractivity contribution in [3.8, 4) is 11.4 Å². The second-order valence-corrected chi connectivity index (χ2v) is 6.25. The summed E-state index contributed by atoms with van der Waals surface area (Å²) >= 11 is 0. The predicted octanol–water partition coefficient (Wildman–Crippen LogP) is 1.32. The van der Waals surface area contributed by atoms with Gasteiger partial charge in [-0.05, 0) is 31.5 Å². The first-order valence-corrected chi connectivity index (χ1v) is 8.97. The minimum atomic E-state index is 0.756. The largest absolute Gasteiger partial charge is 0.370 e. The molecule has 4 rings (SSSR count). The molecule has 0 saturated carbocycles. The van der Waals surface area contributed by atoms with Crippen LogP contribution in [0.3, 0.4) is 0 Å². The summed E-state index contributed by atoms with van der Waals surface area (Å²) in [5, 5.41) is 11.1. The van der Waals surface area contributed by atoms with E-state index in [1.807, 2.05) is 16.8 Å². The van der Waals surface area contributed by atoms with Crippen LogP contribution in [0, 0.1) is 0 Å². The minimum absolute atomic E-state index is 0.756. The SMILES string of the molecule is c1cc(-c2nc3c(c(NCCCn4cncn4)n2)CCNCC3)ccn1. The number of pyridine rings is 1. The Kier molecular flexibility index (Phi) is 5.11. The zero-order chi connectivity index (χ0) is 17.6. The lowest BCUT2D eigenvalue weighted by Gasteiger charge is -2.15. The maximum Gasteiger partial charge on any atom is 0.161 e. The van der Waals surface area contributed by atoms with Gasteiger partial charge in [0, 0.05) is 49.6 Å². The van der Waals surface area contributed by atoms with Gasteiger partial charge in [0.15, 0.2) is 5.82 Å². The lowest BCUT2D eigenvalue weighted by molar-refractivity contribution is 0.589. The Bertz CT molecular complexity index is 832. The molecule has 0 radical (unpaired) electrons. The number of fused-ring (bicyclic) bond motifs is 1. The highest BCUT2D eigenvalue weighted by molar-refractivity contribution is 5.59. The minimum Gasteiger partial charge on any atom is -0.370 e. The molecule has 0 bridgehead atoms. The Balaban J connectivity index is 1.55. The molecular formula is C18H22N8. The number of nitrogens with one attached hydrogen (secondary N) is 2. The zero-order valence-corrected chi connectivity index (χ0v) is 14.6. The molecule has 0 spiro atoms. The van der Waals surface area contributed by atoms with E-state index in [4.69, 9.17) is 9.97 Å². The third-order valence-electron chi connectivity index (χ3n) is 4.44. The van der Waals surface area contributed by atoms with Crippen molar-refractivity contribution >= 4 is 5.82 Å². The van der Waals surface area contributed by atoms with Crippen molar-refractivity contribution in [3.63, 3.8) is 0 Å². The van der Waals surface area contributed by atoms with E-state index in [1.165, 1.54) is 5.56 Å². The first-order valence-electron chi connectivity index (χ1n) is 8.97. The average molecular weight is 350 g/mol. The highest BCUT2D eigenvalue weighted by Crippen LogP contribution is 2.24. The van der Waals surface area contributed by atoms with Crippen LogP contribution in [-0.4, -0.2) is 49.4 Å². The molecule has 0 saturated heterocycles. The molecule has 8 nitrogen and oxygen atoms in total. The van der Waals surface area contributed by atoms with E-state index in [2.05, 4.69) is 25.7 Å². The zero-order valence-electron chi connectivity index (χ0n) is 14.6. The Labute approximate surface area is 152 Å². The van der Waals surface area contributed by atoms with Crippen molar-refractivity contribution in [1.29, 1.82) is 0 Å². The first kappa shape index (κ1) is 16.6. The fraction of sp³-hybridized carbons (Fsp3) is 0.389. The Hall–Kier alpha value is -2.87. The monoisotopic (exact) mass is 350 g/mol. The molecule has 26 heavy (non-hydrogen) atoms. The number of hydrogen-bond donors (Lipinski definition) is 2. The molecule has 0 aromatic carbocycles. The number of anilines is 1. The van der Waals surface area contributed by atoms with Crippen molar-refractivity contribution in [1.82, 2.24) is 35.0 Å². The Morgan fingerprint density at radius 2 is 1.96 bits per heavy atom. The number of aromatic nitrogens is 6. The predicted molar refractivity (Wildman–Crippen MR) is 98.7 cm³/mol. The number of hydrogen-bond acceptors (Lipinski definition) is 7. The van der Waals surface area contributed by atoms with Crippen LogP contribution in [0.2, 0.25) is 0 Å². The van der Waals surface area contributed by atoms with Crippen LogP contribution in [0.1, 0.15) is 17.7 Å². The van der Waals surface area contributed by atoms with E-state index in [1.54, 1.807) is 25.0 Å². The van der Waals surface area contributed by atoms with Crippen molar-refractivity contribution < 1.29 is 0 Å². The summed E-state index contributed by atoms with van der Waals surface area (Å²) in [4.78, 5) is 17.7. The fourth-order valence-corrected chi connectivity index (χ4v) is 3.12. The van der Waals surface area contributed by atoms with Crippen LogP contribution in [0.4, 0.5) is 5.82 Å². The van der Waals surface area contributed by atoms with E-state index in [9.17, 15) is 0 Å². The van der Waals surface area contributed by atoms with Gasteiger partial charge in [-0.15, -0.1) is 0 Å². The molecule has 1 aliphatic heterocycles. The van der Waals surface area contributed by atoms with Gasteiger partial charge >= 0.3 is 0 Å². The molecule has 0 amide bonds. The lowest BCUT2D eigenvalue weighted by Crippen LogP contribution is -2.16. The smallest absolute Gasteiger partial charge is 0.161 e. The summed E-state index contributed by atoms with van der Waals surface area (Å²) < 4.78 is 1.84. The van der Waals surface area contributed by atoms with E-state index in [0.717, 1.165) is 68.3 Å². The van der Waals surface area contributed by atoms with Crippen LogP contribution in [0.25, 0.3) is 11.4 Å². The van der Waals surface area contributed by atoms with Crippen LogP contribution < -0.4 is 10.6 Å². The average Bonchev–Trinajstić information content (AvgIpc) is 3.09. The second kappa shape index (κ2) is 8.01. The number of nitrogens with zero attached hydrogens (tertiary/aromatic N) is 6. The maximum absolute atomic E-state index is 4.83. The summed E-state index contributed by atoms with van der Waals surface area (Å²) in [6.07, 6.45) is 9.66. The van der Waals surface area contributed by atoms with E-state index >= 15 is 0 Å². The molecule has 134 valence electrons. The topological polar surface area (TPSA) is 93.4 Å². The molecule has 3 aromatic rings. The van der Waals surface area contributed by atoms with Crippen LogP contribution in [0.5, 0.6) is 0 Å². The van der Waals surface area contributed by atoms with Gasteiger partial charge in [0.2, 0.25) is 0 Å². The van der Waals surface area contributed by atoms with Gasteiger partial charge in [0.25, 0.3) is 0 Å². The van der Waals surface area contributed by atoms with Gasteiger partial charge in [0.1, 0.15) is 18.5 Å². The highest BCUT2D eigenvalue weighted by Gasteiger charge is 2.17. The molecule has 0 unspecified atom stereocenters. The van der Waals surface area contributed by atoms with E-state index < -0.39 is 0 Å². The van der Waals surface area contributed by atoms with Crippen molar-refractivity contribution in [2.24, 2.45) is 0 Å². The standard InChI is InChI=1S/C18H22N8/c1(11-26-13-21-12-23-26)6-22-18-15-4-9-20-10-5-16(15)24-17(25-18)14-2-7-19-8-3-14/h2-3,7-8,12-13,20H,1,4-6,9-11H2,(H,22,24,25). The summed E-state index contributed by atoms with van der Waals surface area (Å²) in [5.74, 6) is 1.70. The van der Waals surface area contributed by atoms with Crippen LogP contribution in [0.15, 0.2) is 37.2 Å². The lowest BCUT2D eigenvalue weighted by atomic mass is 10.1. The van der Waals surface area contributed by atoms with Gasteiger partial charge < -0.3 is 10.6 Å². The molecule has 2 N–H and O–H groups in total. The van der Waals surface area contributed by atoms with E-state index in [-0.39, 0.29) is 0 Å². The quantitative estimate of drug-likeness (QED) is 0.648. The van der Waals surface area contributed by atoms with Crippen LogP contribution >= 0.6 is 0 Å². The Morgan fingerprint density at radius 1 is 1.08 bits per heavy atom. The number of rotatable bonds is 6. The van der Waals surface area contributed by atoms with Gasteiger partial charge in [-0.3, -0.25) is 9.67 Å². The third-order valence-corrected chi connectivity index (χ3v) is 4.44. The summed E-state index contributed by atoms with van der Waals surface area (Å²) in [7, 11) is 0. The van der Waals surface area contributed by atoms with Crippen LogP contribution in [-0.2, 0) is 19.4 Å². The second-order valence-electron chi connectivity index (χ2n) is 6.25. The summed E-state index contributed by atoms with van der Waals surface area (Å²) in [6.45, 7) is 3.57. The molecule has 0 atom stereocenters. The summed E-state index contributed by atoms with van der Waals surface area (Å²) in [6, 6.07) is 3.90. The van der Waals surface area contributed by atoms with Crippen molar-refractivity contribution in [2.45, 2.75) is 25.8 Å². The first-order chi connectivity index (χ1) is 12.9. The van der Waals surface area contributed by atoms with E-state index in [0.29, 0.717) is 0 Å². The third kappa shape index (κ3) is 3.85. The van der Waals surface area contributed by atoms with Gasteiger partial charge in [-0.25, -0.2) is 15.0 Å². The molecule has 0 fully saturated rings. The Morgan fingerprint density at radius 3 is 2.81 bits per heavy atom. The van der Waals surface area contributed by atoms with Gasteiger partial charge in [-0.1, -0.05) is 0 Å². The molecular weight excluding hydrogens is 328 g/mol. The number of aryl methyl sites for hydroxylation is 1. The summed E-state index contributed by atoms with van der Waals surface area (Å²) in [5.41, 5.74) is 3.36. The molecule has 3 aromatic heterocycles. The maximum atomic E-state index is 4.83. The fourth-order valence-electron chi connectivity index (χ4n) is 3.12. The highest BCUT2D eigenvalue weighted by atomic mass is 15.3. The van der Waals surface area contributed by atoms with Gasteiger partial charge in [-0.2, -0.15) is 5.10 Å². The molecule has 8 heteroatoms. The van der Waals surface area contributed by atoms with Crippen molar-refractivity contribution in [2.75, 3.05) is 25.0 Å². The molecule has 1 aliphatic rings.